The largest absolute Gasteiger partial charge is 0.342 e. The van der Waals surface area contributed by atoms with E-state index in [0.29, 0.717) is 6.04 Å². The van der Waals surface area contributed by atoms with E-state index in [0.717, 1.165) is 38.4 Å². The number of rotatable bonds is 2. The van der Waals surface area contributed by atoms with Crippen LogP contribution in [0.15, 0.2) is 12.4 Å². The van der Waals surface area contributed by atoms with Gasteiger partial charge < -0.3 is 15.2 Å². The van der Waals surface area contributed by atoms with Gasteiger partial charge in [0.2, 0.25) is 5.95 Å². The summed E-state index contributed by atoms with van der Waals surface area (Å²) in [5.74, 6) is 1.10. The smallest absolute Gasteiger partial charge is 0.205 e. The van der Waals surface area contributed by atoms with Gasteiger partial charge in [-0.25, -0.2) is 4.98 Å². The molecule has 1 saturated heterocycles. The van der Waals surface area contributed by atoms with E-state index < -0.39 is 0 Å². The summed E-state index contributed by atoms with van der Waals surface area (Å²) in [6.45, 7) is 5.20. The molecule has 0 atom stereocenters. The van der Waals surface area contributed by atoms with Crippen molar-refractivity contribution in [2.75, 3.05) is 18.0 Å². The lowest BCUT2D eigenvalue weighted by atomic mass is 10.1. The lowest BCUT2D eigenvalue weighted by Crippen LogP contribution is -2.40. The van der Waals surface area contributed by atoms with E-state index in [1.54, 1.807) is 0 Å². The number of imidazole rings is 1. The van der Waals surface area contributed by atoms with Gasteiger partial charge in [-0.05, 0) is 19.8 Å². The normalized spacial score (nSPS) is 18.9. The van der Waals surface area contributed by atoms with Crippen LogP contribution in [0.25, 0.3) is 0 Å². The molecule has 0 radical (unpaired) electrons. The van der Waals surface area contributed by atoms with Crippen LogP contribution in [0.4, 0.5) is 5.95 Å². The minimum absolute atomic E-state index is 0.385. The molecule has 4 nitrogen and oxygen atoms in total. The predicted octanol–water partition coefficient (Wildman–Crippen LogP) is 0.830. The molecule has 1 aromatic heterocycles. The molecular weight excluding hydrogens is 176 g/mol. The van der Waals surface area contributed by atoms with E-state index in [1.807, 2.05) is 12.4 Å². The molecule has 1 aliphatic rings. The van der Waals surface area contributed by atoms with Crippen molar-refractivity contribution >= 4 is 5.95 Å². The Hall–Kier alpha value is -1.03. The molecule has 0 aromatic carbocycles. The Bertz CT molecular complexity index is 286. The molecule has 2 heterocycles. The average molecular weight is 194 g/mol. The third-order valence-corrected chi connectivity index (χ3v) is 2.86. The van der Waals surface area contributed by atoms with Crippen LogP contribution in [-0.2, 0) is 6.54 Å². The molecule has 0 aliphatic carbocycles. The number of nitrogens with two attached hydrogens (primary N) is 1. The number of nitrogens with zero attached hydrogens (tertiary/aromatic N) is 3. The summed E-state index contributed by atoms with van der Waals surface area (Å²) < 4.78 is 2.18. The summed E-state index contributed by atoms with van der Waals surface area (Å²) in [5, 5.41) is 0. The maximum atomic E-state index is 5.87. The van der Waals surface area contributed by atoms with Crippen LogP contribution >= 0.6 is 0 Å². The zero-order chi connectivity index (χ0) is 9.97. The van der Waals surface area contributed by atoms with Crippen molar-refractivity contribution in [2.45, 2.75) is 32.4 Å². The molecule has 14 heavy (non-hydrogen) atoms. The number of piperidine rings is 1. The first kappa shape index (κ1) is 9.52. The number of hydrogen-bond donors (Lipinski definition) is 1. The molecule has 4 heteroatoms. The van der Waals surface area contributed by atoms with Crippen molar-refractivity contribution in [2.24, 2.45) is 5.73 Å². The first-order valence-electron chi connectivity index (χ1n) is 5.33. The van der Waals surface area contributed by atoms with Gasteiger partial charge in [0.15, 0.2) is 0 Å². The Morgan fingerprint density at radius 3 is 2.86 bits per heavy atom. The van der Waals surface area contributed by atoms with Crippen LogP contribution in [0, 0.1) is 0 Å². The Labute approximate surface area is 84.7 Å². The quantitative estimate of drug-likeness (QED) is 0.758. The van der Waals surface area contributed by atoms with Crippen molar-refractivity contribution in [3.05, 3.63) is 12.4 Å². The molecule has 1 aromatic rings. The SMILES string of the molecule is CCn1ccnc1N1CCC(N)CC1. The number of anilines is 1. The first-order chi connectivity index (χ1) is 6.81. The molecule has 0 bridgehead atoms. The second kappa shape index (κ2) is 4.00. The molecule has 1 aliphatic heterocycles. The Morgan fingerprint density at radius 1 is 1.50 bits per heavy atom. The summed E-state index contributed by atoms with van der Waals surface area (Å²) >= 11 is 0. The molecule has 78 valence electrons. The summed E-state index contributed by atoms with van der Waals surface area (Å²) in [4.78, 5) is 6.71. The van der Waals surface area contributed by atoms with Crippen LogP contribution < -0.4 is 10.6 Å². The maximum Gasteiger partial charge on any atom is 0.205 e. The minimum atomic E-state index is 0.385. The molecule has 1 fully saturated rings. The Balaban J connectivity index is 2.08. The second-order valence-electron chi connectivity index (χ2n) is 3.84. The molecule has 0 spiro atoms. The standard InChI is InChI=1S/C10H18N4/c1-2-13-8-5-12-10(13)14-6-3-9(11)4-7-14/h5,8-9H,2-4,6-7,11H2,1H3. The van der Waals surface area contributed by atoms with Gasteiger partial charge in [0.05, 0.1) is 0 Å². The van der Waals surface area contributed by atoms with Crippen molar-refractivity contribution < 1.29 is 0 Å². The molecule has 2 N–H and O–H groups in total. The summed E-state index contributed by atoms with van der Waals surface area (Å²) in [6.07, 6.45) is 6.06. The molecule has 2 rings (SSSR count). The molecular formula is C10H18N4. The highest BCUT2D eigenvalue weighted by molar-refractivity contribution is 5.31. The fraction of sp³-hybridized carbons (Fsp3) is 0.700. The van der Waals surface area contributed by atoms with Crippen LogP contribution in [0.2, 0.25) is 0 Å². The molecule has 0 amide bonds. The topological polar surface area (TPSA) is 47.1 Å². The van der Waals surface area contributed by atoms with Crippen LogP contribution in [-0.4, -0.2) is 28.7 Å². The van der Waals surface area contributed by atoms with Gasteiger partial charge in [-0.3, -0.25) is 0 Å². The van der Waals surface area contributed by atoms with Crippen molar-refractivity contribution in [1.82, 2.24) is 9.55 Å². The summed E-state index contributed by atoms with van der Waals surface area (Å²) in [5.41, 5.74) is 5.87. The van der Waals surface area contributed by atoms with Crippen LogP contribution in [0.5, 0.6) is 0 Å². The third-order valence-electron chi connectivity index (χ3n) is 2.86. The van der Waals surface area contributed by atoms with Gasteiger partial charge in [0, 0.05) is 38.1 Å². The van der Waals surface area contributed by atoms with Crippen molar-refractivity contribution in [3.63, 3.8) is 0 Å². The second-order valence-corrected chi connectivity index (χ2v) is 3.84. The number of aryl methyl sites for hydroxylation is 1. The van der Waals surface area contributed by atoms with E-state index >= 15 is 0 Å². The fourth-order valence-electron chi connectivity index (χ4n) is 1.93. The van der Waals surface area contributed by atoms with Gasteiger partial charge in [-0.1, -0.05) is 0 Å². The minimum Gasteiger partial charge on any atom is -0.342 e. The third kappa shape index (κ3) is 1.75. The number of aromatic nitrogens is 2. The van der Waals surface area contributed by atoms with Gasteiger partial charge in [0.1, 0.15) is 0 Å². The summed E-state index contributed by atoms with van der Waals surface area (Å²) in [6, 6.07) is 0.385. The van der Waals surface area contributed by atoms with E-state index in [2.05, 4.69) is 21.4 Å². The van der Waals surface area contributed by atoms with Crippen molar-refractivity contribution in [3.8, 4) is 0 Å². The Kier molecular flexibility index (Phi) is 2.72. The molecule has 0 saturated carbocycles. The predicted molar refractivity (Wildman–Crippen MR) is 57.3 cm³/mol. The monoisotopic (exact) mass is 194 g/mol. The lowest BCUT2D eigenvalue weighted by Gasteiger charge is -2.31. The Morgan fingerprint density at radius 2 is 2.21 bits per heavy atom. The van der Waals surface area contributed by atoms with Crippen LogP contribution in [0.3, 0.4) is 0 Å². The van der Waals surface area contributed by atoms with Gasteiger partial charge >= 0.3 is 0 Å². The summed E-state index contributed by atoms with van der Waals surface area (Å²) in [7, 11) is 0. The zero-order valence-corrected chi connectivity index (χ0v) is 8.69. The lowest BCUT2D eigenvalue weighted by molar-refractivity contribution is 0.490. The van der Waals surface area contributed by atoms with E-state index in [1.165, 1.54) is 0 Å². The highest BCUT2D eigenvalue weighted by Gasteiger charge is 2.18. The zero-order valence-electron chi connectivity index (χ0n) is 8.69. The van der Waals surface area contributed by atoms with Gasteiger partial charge in [-0.15, -0.1) is 0 Å². The van der Waals surface area contributed by atoms with E-state index in [-0.39, 0.29) is 0 Å². The van der Waals surface area contributed by atoms with E-state index in [4.69, 9.17) is 5.73 Å². The molecule has 0 unspecified atom stereocenters. The highest BCUT2D eigenvalue weighted by Crippen LogP contribution is 2.17. The van der Waals surface area contributed by atoms with Gasteiger partial charge in [-0.2, -0.15) is 0 Å². The number of hydrogen-bond acceptors (Lipinski definition) is 3. The van der Waals surface area contributed by atoms with Gasteiger partial charge in [0.25, 0.3) is 0 Å². The fourth-order valence-corrected chi connectivity index (χ4v) is 1.93. The maximum absolute atomic E-state index is 5.87. The van der Waals surface area contributed by atoms with E-state index in [9.17, 15) is 0 Å². The van der Waals surface area contributed by atoms with Crippen molar-refractivity contribution in [1.29, 1.82) is 0 Å². The van der Waals surface area contributed by atoms with Crippen LogP contribution in [0.1, 0.15) is 19.8 Å². The average Bonchev–Trinajstić information content (AvgIpc) is 2.67. The first-order valence-corrected chi connectivity index (χ1v) is 5.33. The highest BCUT2D eigenvalue weighted by atomic mass is 15.3.